The van der Waals surface area contributed by atoms with E-state index < -0.39 is 11.1 Å². The fraction of sp³-hybridized carbons (Fsp3) is 0.412. The van der Waals surface area contributed by atoms with Gasteiger partial charge in [0.25, 0.3) is 0 Å². The van der Waals surface area contributed by atoms with Crippen molar-refractivity contribution in [2.24, 2.45) is 5.92 Å². The number of nitrogens with one attached hydrogen (secondary N) is 1. The van der Waals surface area contributed by atoms with Crippen LogP contribution in [0.2, 0.25) is 0 Å². The number of thiazole rings is 1. The van der Waals surface area contributed by atoms with E-state index in [9.17, 15) is 13.6 Å². The third-order valence-corrected chi connectivity index (χ3v) is 6.18. The van der Waals surface area contributed by atoms with Gasteiger partial charge in [-0.05, 0) is 43.5 Å². The smallest absolute Gasteiger partial charge is 0.229 e. The highest BCUT2D eigenvalue weighted by Crippen LogP contribution is 2.36. The second-order valence-corrected chi connectivity index (χ2v) is 7.96. The number of nitrogens with zero attached hydrogens (tertiary/aromatic N) is 1. The zero-order valence-corrected chi connectivity index (χ0v) is 15.7. The summed E-state index contributed by atoms with van der Waals surface area (Å²) in [5, 5.41) is 3.47. The second-order valence-electron chi connectivity index (χ2n) is 6.02. The molecule has 0 bridgehead atoms. The normalized spacial score (nSPS) is 16.0. The summed E-state index contributed by atoms with van der Waals surface area (Å²) in [5.41, 5.74) is 1.54. The number of methoxy groups -OCH3 is 1. The highest BCUT2D eigenvalue weighted by atomic mass is 32.2. The van der Waals surface area contributed by atoms with E-state index in [1.165, 1.54) is 18.4 Å². The second kappa shape index (κ2) is 7.63. The average molecular weight is 380 g/mol. The fourth-order valence-electron chi connectivity index (χ4n) is 3.07. The third-order valence-electron chi connectivity index (χ3n) is 4.37. The molecule has 0 radical (unpaired) electrons. The minimum atomic E-state index is -2.15. The Bertz CT molecular complexity index is 813. The van der Waals surface area contributed by atoms with Crippen molar-refractivity contribution in [1.29, 1.82) is 0 Å². The number of aromatic nitrogens is 1. The van der Waals surface area contributed by atoms with Crippen LogP contribution in [0.3, 0.4) is 0 Å². The Kier molecular flexibility index (Phi) is 5.51. The van der Waals surface area contributed by atoms with Crippen LogP contribution in [0.4, 0.5) is 5.13 Å². The number of hydrogen-bond acceptors (Lipinski definition) is 5. The molecule has 3 rings (SSSR count). The number of carbonyl (C=O) groups excluding carboxylic acids is 1. The lowest BCUT2D eigenvalue weighted by atomic mass is 10.1. The number of ether oxygens (including phenoxy) is 1. The van der Waals surface area contributed by atoms with E-state index in [0.717, 1.165) is 41.8 Å². The van der Waals surface area contributed by atoms with Gasteiger partial charge in [-0.25, -0.2) is 9.19 Å². The van der Waals surface area contributed by atoms with E-state index in [4.69, 9.17) is 4.74 Å². The van der Waals surface area contributed by atoms with Gasteiger partial charge in [0.05, 0.1) is 17.7 Å². The van der Waals surface area contributed by atoms with Crippen molar-refractivity contribution in [3.8, 4) is 16.2 Å². The van der Waals surface area contributed by atoms with Crippen LogP contribution in [-0.4, -0.2) is 26.8 Å². The summed E-state index contributed by atoms with van der Waals surface area (Å²) in [6.07, 6.45) is 4.08. The van der Waals surface area contributed by atoms with Crippen molar-refractivity contribution < 1.29 is 18.3 Å². The fourth-order valence-corrected chi connectivity index (χ4v) is 4.58. The SMILES string of the molecule is COc1ccc(-c2sc(NC(=O)C3CCCC3)nc2C)cc1S(=O)O. The van der Waals surface area contributed by atoms with Gasteiger partial charge in [0.2, 0.25) is 5.91 Å². The minimum absolute atomic E-state index is 0.0321. The van der Waals surface area contributed by atoms with Crippen LogP contribution in [0.25, 0.3) is 10.4 Å². The zero-order chi connectivity index (χ0) is 18.0. The largest absolute Gasteiger partial charge is 0.495 e. The quantitative estimate of drug-likeness (QED) is 0.770. The molecule has 1 saturated carbocycles. The molecule has 2 N–H and O–H groups in total. The maximum absolute atomic E-state index is 12.3. The Morgan fingerprint density at radius 3 is 2.76 bits per heavy atom. The van der Waals surface area contributed by atoms with Crippen molar-refractivity contribution in [3.05, 3.63) is 23.9 Å². The van der Waals surface area contributed by atoms with Crippen LogP contribution >= 0.6 is 11.3 Å². The molecule has 0 spiro atoms. The minimum Gasteiger partial charge on any atom is -0.495 e. The molecule has 0 saturated heterocycles. The van der Waals surface area contributed by atoms with Crippen LogP contribution < -0.4 is 10.1 Å². The number of amides is 1. The van der Waals surface area contributed by atoms with Crippen LogP contribution in [0.1, 0.15) is 31.4 Å². The number of hydrogen-bond donors (Lipinski definition) is 2. The highest BCUT2D eigenvalue weighted by molar-refractivity contribution is 7.79. The molecule has 1 heterocycles. The van der Waals surface area contributed by atoms with Crippen LogP contribution in [-0.2, 0) is 15.9 Å². The summed E-state index contributed by atoms with van der Waals surface area (Å²) in [6, 6.07) is 5.10. The van der Waals surface area contributed by atoms with Crippen molar-refractivity contribution in [1.82, 2.24) is 4.98 Å². The maximum atomic E-state index is 12.3. The topological polar surface area (TPSA) is 88.5 Å². The van der Waals surface area contributed by atoms with Crippen LogP contribution in [0, 0.1) is 12.8 Å². The number of aryl methyl sites for hydroxylation is 1. The summed E-state index contributed by atoms with van der Waals surface area (Å²) in [5.74, 6) is 0.475. The summed E-state index contributed by atoms with van der Waals surface area (Å²) in [6.45, 7) is 1.86. The van der Waals surface area contributed by atoms with Gasteiger partial charge >= 0.3 is 0 Å². The molecule has 2 aromatic rings. The lowest BCUT2D eigenvalue weighted by Crippen LogP contribution is -2.20. The van der Waals surface area contributed by atoms with Gasteiger partial charge < -0.3 is 14.6 Å². The van der Waals surface area contributed by atoms with Crippen molar-refractivity contribution >= 4 is 33.5 Å². The summed E-state index contributed by atoms with van der Waals surface area (Å²) in [7, 11) is 1.46. The van der Waals surface area contributed by atoms with Gasteiger partial charge in [0.15, 0.2) is 16.2 Å². The monoisotopic (exact) mass is 380 g/mol. The Labute approximate surface area is 152 Å². The Balaban J connectivity index is 1.86. The molecular weight excluding hydrogens is 360 g/mol. The van der Waals surface area contributed by atoms with Crippen molar-refractivity contribution in [3.63, 3.8) is 0 Å². The predicted molar refractivity (Wildman–Crippen MR) is 98.5 cm³/mol. The summed E-state index contributed by atoms with van der Waals surface area (Å²) < 4.78 is 26.1. The van der Waals surface area contributed by atoms with Crippen molar-refractivity contribution in [2.45, 2.75) is 37.5 Å². The lowest BCUT2D eigenvalue weighted by molar-refractivity contribution is -0.119. The molecule has 1 atom stereocenters. The zero-order valence-electron chi connectivity index (χ0n) is 14.1. The summed E-state index contributed by atoms with van der Waals surface area (Å²) in [4.78, 5) is 17.8. The molecule has 1 aliphatic rings. The Hall–Kier alpha value is -1.77. The first-order valence-corrected chi connectivity index (χ1v) is 9.99. The molecule has 1 aromatic carbocycles. The van der Waals surface area contributed by atoms with Crippen molar-refractivity contribution in [2.75, 3.05) is 12.4 Å². The van der Waals surface area contributed by atoms with Gasteiger partial charge in [-0.2, -0.15) is 0 Å². The first-order chi connectivity index (χ1) is 12.0. The van der Waals surface area contributed by atoms with Gasteiger partial charge in [0.1, 0.15) is 10.6 Å². The number of rotatable bonds is 5. The van der Waals surface area contributed by atoms with E-state index >= 15 is 0 Å². The first kappa shape index (κ1) is 18.0. The average Bonchev–Trinajstić information content (AvgIpc) is 3.24. The number of benzene rings is 1. The van der Waals surface area contributed by atoms with Gasteiger partial charge in [-0.15, -0.1) is 0 Å². The molecule has 1 aliphatic carbocycles. The standard InChI is InChI=1S/C17H20N2O4S2/c1-10-15(12-7-8-13(23-2)14(9-12)25(21)22)24-17(18-10)19-16(20)11-5-3-4-6-11/h7-9,11H,3-6H2,1-2H3,(H,21,22)(H,18,19,20). The van der Waals surface area contributed by atoms with Gasteiger partial charge in [-0.3, -0.25) is 4.79 Å². The van der Waals surface area contributed by atoms with E-state index in [0.29, 0.717) is 10.9 Å². The molecule has 1 amide bonds. The lowest BCUT2D eigenvalue weighted by Gasteiger charge is -2.07. The molecule has 6 nitrogen and oxygen atoms in total. The van der Waals surface area contributed by atoms with Crippen LogP contribution in [0.5, 0.6) is 5.75 Å². The molecule has 1 aromatic heterocycles. The highest BCUT2D eigenvalue weighted by Gasteiger charge is 2.24. The molecular formula is C17H20N2O4S2. The third kappa shape index (κ3) is 3.91. The van der Waals surface area contributed by atoms with Gasteiger partial charge in [0, 0.05) is 5.92 Å². The molecule has 25 heavy (non-hydrogen) atoms. The maximum Gasteiger partial charge on any atom is 0.229 e. The van der Waals surface area contributed by atoms with Crippen LogP contribution in [0.15, 0.2) is 23.1 Å². The predicted octanol–water partition coefficient (Wildman–Crippen LogP) is 3.84. The van der Waals surface area contributed by atoms with E-state index in [1.807, 2.05) is 13.0 Å². The van der Waals surface area contributed by atoms with E-state index in [2.05, 4.69) is 10.3 Å². The number of carbonyl (C=O) groups is 1. The Morgan fingerprint density at radius 1 is 1.40 bits per heavy atom. The summed E-state index contributed by atoms with van der Waals surface area (Å²) >= 11 is -0.777. The van der Waals surface area contributed by atoms with Gasteiger partial charge in [-0.1, -0.05) is 24.2 Å². The Morgan fingerprint density at radius 2 is 2.12 bits per heavy atom. The van der Waals surface area contributed by atoms with E-state index in [1.54, 1.807) is 12.1 Å². The number of anilines is 1. The molecule has 1 unspecified atom stereocenters. The molecule has 134 valence electrons. The first-order valence-electron chi connectivity index (χ1n) is 8.07. The molecule has 1 fully saturated rings. The molecule has 0 aliphatic heterocycles. The van der Waals surface area contributed by atoms with E-state index in [-0.39, 0.29) is 16.7 Å². The molecule has 8 heteroatoms.